The number of nitrogens with zero attached hydrogens (tertiary/aromatic N) is 3. The van der Waals surface area contributed by atoms with Crippen molar-refractivity contribution in [1.82, 2.24) is 14.5 Å². The zero-order chi connectivity index (χ0) is 9.97. The van der Waals surface area contributed by atoms with E-state index < -0.39 is 0 Å². The fraction of sp³-hybridized carbons (Fsp3) is 0.200. The van der Waals surface area contributed by atoms with Gasteiger partial charge >= 0.3 is 0 Å². The van der Waals surface area contributed by atoms with Crippen molar-refractivity contribution in [3.8, 4) is 0 Å². The minimum Gasteiger partial charge on any atom is -0.382 e. The average Bonchev–Trinajstić information content (AvgIpc) is 2.47. The van der Waals surface area contributed by atoms with Gasteiger partial charge in [-0.3, -0.25) is 4.98 Å². The minimum absolute atomic E-state index is 0.566. The van der Waals surface area contributed by atoms with Crippen molar-refractivity contribution in [1.29, 1.82) is 0 Å². The third kappa shape index (κ3) is 1.74. The van der Waals surface area contributed by atoms with E-state index in [9.17, 15) is 0 Å². The van der Waals surface area contributed by atoms with E-state index >= 15 is 0 Å². The van der Waals surface area contributed by atoms with Crippen molar-refractivity contribution in [2.45, 2.75) is 6.42 Å². The Hall–Kier alpha value is -1.84. The summed E-state index contributed by atoms with van der Waals surface area (Å²) in [5.74, 6) is 1.53. The first-order valence-corrected chi connectivity index (χ1v) is 4.42. The Morgan fingerprint density at radius 1 is 1.36 bits per heavy atom. The van der Waals surface area contributed by atoms with E-state index in [1.165, 1.54) is 5.56 Å². The van der Waals surface area contributed by atoms with Crippen LogP contribution in [0.4, 0.5) is 5.82 Å². The van der Waals surface area contributed by atoms with Crippen LogP contribution in [0.1, 0.15) is 11.4 Å². The summed E-state index contributed by atoms with van der Waals surface area (Å²) in [7, 11) is 1.94. The predicted molar refractivity (Wildman–Crippen MR) is 54.7 cm³/mol. The van der Waals surface area contributed by atoms with Crippen molar-refractivity contribution < 1.29 is 0 Å². The van der Waals surface area contributed by atoms with E-state index in [2.05, 4.69) is 9.97 Å². The first kappa shape index (κ1) is 8.74. The summed E-state index contributed by atoms with van der Waals surface area (Å²) in [4.78, 5) is 8.19. The molecule has 0 aliphatic heterocycles. The summed E-state index contributed by atoms with van der Waals surface area (Å²) in [6, 6.07) is 3.95. The molecule has 0 aliphatic rings. The molecule has 2 aromatic rings. The number of aromatic nitrogens is 3. The summed E-state index contributed by atoms with van der Waals surface area (Å²) in [6.45, 7) is 0. The standard InChI is InChI=1S/C10H12N4/c1-14-7-9(11)13-10(14)6-8-2-4-12-5-3-8/h2-5,7H,6,11H2,1H3. The van der Waals surface area contributed by atoms with Crippen molar-refractivity contribution in [3.63, 3.8) is 0 Å². The molecule has 2 rings (SSSR count). The summed E-state index contributed by atoms with van der Waals surface area (Å²) < 4.78 is 1.94. The Bertz CT molecular complexity index is 419. The molecule has 0 fully saturated rings. The molecule has 0 unspecified atom stereocenters. The van der Waals surface area contributed by atoms with Crippen molar-refractivity contribution >= 4 is 5.82 Å². The molecule has 0 aliphatic carbocycles. The maximum atomic E-state index is 5.59. The second kappa shape index (κ2) is 3.49. The van der Waals surface area contributed by atoms with Gasteiger partial charge in [-0.25, -0.2) is 4.98 Å². The van der Waals surface area contributed by atoms with E-state index in [0.29, 0.717) is 5.82 Å². The number of rotatable bonds is 2. The van der Waals surface area contributed by atoms with E-state index in [1.807, 2.05) is 29.9 Å². The Balaban J connectivity index is 2.23. The third-order valence-corrected chi connectivity index (χ3v) is 2.10. The lowest BCUT2D eigenvalue weighted by Gasteiger charge is -2.00. The molecule has 0 saturated heterocycles. The van der Waals surface area contributed by atoms with Crippen LogP contribution in [-0.4, -0.2) is 14.5 Å². The second-order valence-corrected chi connectivity index (χ2v) is 3.23. The maximum Gasteiger partial charge on any atom is 0.141 e. The van der Waals surface area contributed by atoms with E-state index in [-0.39, 0.29) is 0 Å². The molecule has 14 heavy (non-hydrogen) atoms. The molecule has 0 atom stereocenters. The van der Waals surface area contributed by atoms with Gasteiger partial charge in [0.1, 0.15) is 11.6 Å². The monoisotopic (exact) mass is 188 g/mol. The highest BCUT2D eigenvalue weighted by atomic mass is 15.1. The average molecular weight is 188 g/mol. The van der Waals surface area contributed by atoms with Crippen LogP contribution < -0.4 is 5.73 Å². The lowest BCUT2D eigenvalue weighted by molar-refractivity contribution is 0.821. The highest BCUT2D eigenvalue weighted by Gasteiger charge is 2.03. The zero-order valence-electron chi connectivity index (χ0n) is 8.01. The minimum atomic E-state index is 0.566. The number of imidazole rings is 1. The van der Waals surface area contributed by atoms with Crippen LogP contribution in [0.3, 0.4) is 0 Å². The Morgan fingerprint density at radius 3 is 2.64 bits per heavy atom. The third-order valence-electron chi connectivity index (χ3n) is 2.10. The number of anilines is 1. The molecule has 0 radical (unpaired) electrons. The van der Waals surface area contributed by atoms with Gasteiger partial charge in [0.25, 0.3) is 0 Å². The molecule has 4 nitrogen and oxygen atoms in total. The van der Waals surface area contributed by atoms with Crippen molar-refractivity contribution in [2.24, 2.45) is 7.05 Å². The van der Waals surface area contributed by atoms with Gasteiger partial charge in [0.2, 0.25) is 0 Å². The number of nitrogens with two attached hydrogens (primary N) is 1. The van der Waals surface area contributed by atoms with Crippen LogP contribution in [-0.2, 0) is 13.5 Å². The number of hydrogen-bond acceptors (Lipinski definition) is 3. The van der Waals surface area contributed by atoms with Gasteiger partial charge < -0.3 is 10.3 Å². The fourth-order valence-electron chi connectivity index (χ4n) is 1.38. The highest BCUT2D eigenvalue weighted by Crippen LogP contribution is 2.08. The van der Waals surface area contributed by atoms with Crippen LogP contribution in [0.25, 0.3) is 0 Å². The summed E-state index contributed by atoms with van der Waals surface area (Å²) in [5.41, 5.74) is 6.78. The molecule has 0 amide bonds. The quantitative estimate of drug-likeness (QED) is 0.764. The van der Waals surface area contributed by atoms with Crippen LogP contribution >= 0.6 is 0 Å². The van der Waals surface area contributed by atoms with E-state index in [0.717, 1.165) is 12.2 Å². The number of hydrogen-bond donors (Lipinski definition) is 1. The van der Waals surface area contributed by atoms with Gasteiger partial charge in [-0.05, 0) is 17.7 Å². The topological polar surface area (TPSA) is 56.7 Å². The molecule has 4 heteroatoms. The summed E-state index contributed by atoms with van der Waals surface area (Å²) in [5, 5.41) is 0. The first-order chi connectivity index (χ1) is 6.75. The Labute approximate surface area is 82.4 Å². The van der Waals surface area contributed by atoms with Crippen LogP contribution in [0, 0.1) is 0 Å². The molecule has 2 heterocycles. The molecule has 72 valence electrons. The molecule has 0 saturated carbocycles. The molecule has 0 aromatic carbocycles. The Morgan fingerprint density at radius 2 is 2.07 bits per heavy atom. The Kier molecular flexibility index (Phi) is 2.18. The largest absolute Gasteiger partial charge is 0.382 e. The maximum absolute atomic E-state index is 5.59. The molecule has 2 N–H and O–H groups in total. The molecular formula is C10H12N4. The SMILES string of the molecule is Cn1cc(N)nc1Cc1ccncc1. The lowest BCUT2D eigenvalue weighted by Crippen LogP contribution is -1.98. The number of pyridine rings is 1. The smallest absolute Gasteiger partial charge is 0.141 e. The first-order valence-electron chi connectivity index (χ1n) is 4.42. The number of nitrogen functional groups attached to an aromatic ring is 1. The molecule has 0 spiro atoms. The van der Waals surface area contributed by atoms with Crippen molar-refractivity contribution in [3.05, 3.63) is 42.1 Å². The van der Waals surface area contributed by atoms with Crippen LogP contribution in [0.15, 0.2) is 30.7 Å². The van der Waals surface area contributed by atoms with Crippen LogP contribution in [0.5, 0.6) is 0 Å². The fourth-order valence-corrected chi connectivity index (χ4v) is 1.38. The molecular weight excluding hydrogens is 176 g/mol. The van der Waals surface area contributed by atoms with Gasteiger partial charge in [0, 0.05) is 32.1 Å². The summed E-state index contributed by atoms with van der Waals surface area (Å²) >= 11 is 0. The molecule has 2 aromatic heterocycles. The lowest BCUT2D eigenvalue weighted by atomic mass is 10.2. The van der Waals surface area contributed by atoms with E-state index in [1.54, 1.807) is 12.4 Å². The normalized spacial score (nSPS) is 10.4. The number of aryl methyl sites for hydroxylation is 1. The van der Waals surface area contributed by atoms with Gasteiger partial charge in [-0.15, -0.1) is 0 Å². The van der Waals surface area contributed by atoms with Gasteiger partial charge in [0.05, 0.1) is 0 Å². The second-order valence-electron chi connectivity index (χ2n) is 3.23. The molecule has 0 bridgehead atoms. The van der Waals surface area contributed by atoms with Gasteiger partial charge in [-0.2, -0.15) is 0 Å². The van der Waals surface area contributed by atoms with Gasteiger partial charge in [-0.1, -0.05) is 0 Å². The summed E-state index contributed by atoms with van der Waals surface area (Å²) in [6.07, 6.45) is 6.16. The predicted octanol–water partition coefficient (Wildman–Crippen LogP) is 0.988. The van der Waals surface area contributed by atoms with Crippen molar-refractivity contribution in [2.75, 3.05) is 5.73 Å². The zero-order valence-corrected chi connectivity index (χ0v) is 8.01. The highest BCUT2D eigenvalue weighted by molar-refractivity contribution is 5.28. The van der Waals surface area contributed by atoms with Crippen LogP contribution in [0.2, 0.25) is 0 Å². The van der Waals surface area contributed by atoms with E-state index in [4.69, 9.17) is 5.73 Å². The van der Waals surface area contributed by atoms with Gasteiger partial charge in [0.15, 0.2) is 0 Å².